The summed E-state index contributed by atoms with van der Waals surface area (Å²) in [7, 11) is 0. The first-order valence-corrected chi connectivity index (χ1v) is 8.26. The van der Waals surface area contributed by atoms with Gasteiger partial charge in [0.1, 0.15) is 0 Å². The number of benzene rings is 1. The van der Waals surface area contributed by atoms with E-state index in [0.717, 1.165) is 24.6 Å². The minimum atomic E-state index is -0.405. The summed E-state index contributed by atoms with van der Waals surface area (Å²) in [6, 6.07) is 8.30. The molecule has 0 aromatic heterocycles. The minimum absolute atomic E-state index is 0.405. The molecule has 1 saturated heterocycles. The number of nitrogens with zero attached hydrogens (tertiary/aromatic N) is 1. The number of hydrogen-bond acceptors (Lipinski definition) is 2. The van der Waals surface area contributed by atoms with Gasteiger partial charge in [-0.25, -0.2) is 0 Å². The van der Waals surface area contributed by atoms with E-state index in [1.165, 1.54) is 38.6 Å². The molecule has 1 aliphatic heterocycles. The van der Waals surface area contributed by atoms with Gasteiger partial charge in [0, 0.05) is 17.6 Å². The molecule has 1 aromatic carbocycles. The summed E-state index contributed by atoms with van der Waals surface area (Å²) >= 11 is 5.98. The van der Waals surface area contributed by atoms with Crippen LogP contribution in [-0.2, 0) is 0 Å². The molecule has 0 saturated carbocycles. The zero-order valence-electron chi connectivity index (χ0n) is 12.4. The Labute approximate surface area is 127 Å². The van der Waals surface area contributed by atoms with E-state index in [1.807, 2.05) is 24.3 Å². The first-order chi connectivity index (χ1) is 9.70. The van der Waals surface area contributed by atoms with Crippen molar-refractivity contribution in [2.75, 3.05) is 13.1 Å². The van der Waals surface area contributed by atoms with Gasteiger partial charge in [-0.1, -0.05) is 43.5 Å². The summed E-state index contributed by atoms with van der Waals surface area (Å²) in [6.07, 6.45) is 6.90. The lowest BCUT2D eigenvalue weighted by molar-refractivity contribution is 0.0988. The number of likely N-dealkylation sites (tertiary alicyclic amines) is 1. The van der Waals surface area contributed by atoms with Crippen molar-refractivity contribution >= 4 is 11.6 Å². The Morgan fingerprint density at radius 2 is 2.25 bits per heavy atom. The fourth-order valence-corrected chi connectivity index (χ4v) is 3.38. The molecule has 1 heterocycles. The monoisotopic (exact) mass is 295 g/mol. The van der Waals surface area contributed by atoms with E-state index in [9.17, 15) is 5.11 Å². The molecule has 112 valence electrons. The summed E-state index contributed by atoms with van der Waals surface area (Å²) in [5.74, 6) is 0. The number of hydrogen-bond donors (Lipinski definition) is 1. The molecule has 0 spiro atoms. The van der Waals surface area contributed by atoms with Crippen LogP contribution in [0.2, 0.25) is 5.02 Å². The van der Waals surface area contributed by atoms with E-state index < -0.39 is 6.10 Å². The van der Waals surface area contributed by atoms with E-state index in [4.69, 9.17) is 11.6 Å². The molecule has 1 N–H and O–H groups in total. The van der Waals surface area contributed by atoms with Gasteiger partial charge in [0.2, 0.25) is 0 Å². The van der Waals surface area contributed by atoms with Gasteiger partial charge in [-0.05, 0) is 49.9 Å². The highest BCUT2D eigenvalue weighted by atomic mass is 35.5. The SMILES string of the molecule is CCCC1CCCCN1CCC(O)c1cccc(Cl)c1. The summed E-state index contributed by atoms with van der Waals surface area (Å²) in [5.41, 5.74) is 0.932. The Hall–Kier alpha value is -0.570. The molecular formula is C17H26ClNO. The van der Waals surface area contributed by atoms with Crippen LogP contribution < -0.4 is 0 Å². The molecular weight excluding hydrogens is 270 g/mol. The predicted octanol–water partition coefficient (Wildman–Crippen LogP) is 4.42. The Morgan fingerprint density at radius 1 is 1.40 bits per heavy atom. The van der Waals surface area contributed by atoms with Gasteiger partial charge in [-0.2, -0.15) is 0 Å². The maximum Gasteiger partial charge on any atom is 0.0802 e. The number of piperidine rings is 1. The Balaban J connectivity index is 1.86. The third kappa shape index (κ3) is 4.47. The van der Waals surface area contributed by atoms with Crippen molar-refractivity contribution in [2.45, 2.75) is 57.6 Å². The van der Waals surface area contributed by atoms with E-state index in [0.29, 0.717) is 5.02 Å². The Bertz CT molecular complexity index is 408. The van der Waals surface area contributed by atoms with Gasteiger partial charge >= 0.3 is 0 Å². The van der Waals surface area contributed by atoms with Crippen molar-refractivity contribution in [3.8, 4) is 0 Å². The first-order valence-electron chi connectivity index (χ1n) is 7.88. The van der Waals surface area contributed by atoms with Gasteiger partial charge in [0.05, 0.1) is 6.10 Å². The van der Waals surface area contributed by atoms with Crippen LogP contribution in [0.4, 0.5) is 0 Å². The van der Waals surface area contributed by atoms with Crippen LogP contribution in [0.15, 0.2) is 24.3 Å². The highest BCUT2D eigenvalue weighted by Crippen LogP contribution is 2.24. The van der Waals surface area contributed by atoms with Crippen LogP contribution in [0.1, 0.15) is 57.1 Å². The molecule has 0 radical (unpaired) electrons. The van der Waals surface area contributed by atoms with Gasteiger partial charge in [0.15, 0.2) is 0 Å². The molecule has 2 atom stereocenters. The minimum Gasteiger partial charge on any atom is -0.388 e. The fraction of sp³-hybridized carbons (Fsp3) is 0.647. The van der Waals surface area contributed by atoms with Gasteiger partial charge in [-0.15, -0.1) is 0 Å². The fourth-order valence-electron chi connectivity index (χ4n) is 3.18. The van der Waals surface area contributed by atoms with Crippen LogP contribution >= 0.6 is 11.6 Å². The average molecular weight is 296 g/mol. The zero-order valence-corrected chi connectivity index (χ0v) is 13.1. The third-order valence-corrected chi connectivity index (χ3v) is 4.53. The Morgan fingerprint density at radius 3 is 3.00 bits per heavy atom. The topological polar surface area (TPSA) is 23.5 Å². The number of aliphatic hydroxyl groups is 1. The van der Waals surface area contributed by atoms with Gasteiger partial charge < -0.3 is 10.0 Å². The number of aliphatic hydroxyl groups excluding tert-OH is 1. The lowest BCUT2D eigenvalue weighted by atomic mass is 9.97. The van der Waals surface area contributed by atoms with Crippen molar-refractivity contribution in [1.29, 1.82) is 0 Å². The highest BCUT2D eigenvalue weighted by molar-refractivity contribution is 6.30. The molecule has 2 nitrogen and oxygen atoms in total. The van der Waals surface area contributed by atoms with Gasteiger partial charge in [-0.3, -0.25) is 0 Å². The predicted molar refractivity (Wildman–Crippen MR) is 85.1 cm³/mol. The van der Waals surface area contributed by atoms with Crippen molar-refractivity contribution < 1.29 is 5.11 Å². The standard InChI is InChI=1S/C17H26ClNO/c1-2-6-16-9-3-4-11-19(16)12-10-17(20)14-7-5-8-15(18)13-14/h5,7-8,13,16-17,20H,2-4,6,9-12H2,1H3. The van der Waals surface area contributed by atoms with Crippen molar-refractivity contribution in [2.24, 2.45) is 0 Å². The maximum absolute atomic E-state index is 10.3. The second-order valence-corrected chi connectivity index (χ2v) is 6.27. The van der Waals surface area contributed by atoms with Crippen LogP contribution in [-0.4, -0.2) is 29.1 Å². The summed E-state index contributed by atoms with van der Waals surface area (Å²) in [4.78, 5) is 2.57. The van der Waals surface area contributed by atoms with Crippen LogP contribution in [0.5, 0.6) is 0 Å². The lowest BCUT2D eigenvalue weighted by Crippen LogP contribution is -2.40. The molecule has 1 aliphatic rings. The molecule has 2 unspecified atom stereocenters. The highest BCUT2D eigenvalue weighted by Gasteiger charge is 2.22. The maximum atomic E-state index is 10.3. The normalized spacial score (nSPS) is 21.9. The smallest absolute Gasteiger partial charge is 0.0802 e. The first kappa shape index (κ1) is 15.8. The third-order valence-electron chi connectivity index (χ3n) is 4.29. The number of rotatable bonds is 6. The van der Waals surface area contributed by atoms with Gasteiger partial charge in [0.25, 0.3) is 0 Å². The molecule has 3 heteroatoms. The van der Waals surface area contributed by atoms with E-state index in [1.54, 1.807) is 0 Å². The van der Waals surface area contributed by atoms with Crippen molar-refractivity contribution in [3.63, 3.8) is 0 Å². The molecule has 2 rings (SSSR count). The van der Waals surface area contributed by atoms with E-state index >= 15 is 0 Å². The molecule has 1 aromatic rings. The summed E-state index contributed by atoms with van der Waals surface area (Å²) in [5, 5.41) is 11.0. The van der Waals surface area contributed by atoms with E-state index in [-0.39, 0.29) is 0 Å². The van der Waals surface area contributed by atoms with E-state index in [2.05, 4.69) is 11.8 Å². The lowest BCUT2D eigenvalue weighted by Gasteiger charge is -2.36. The molecule has 0 amide bonds. The zero-order chi connectivity index (χ0) is 14.4. The van der Waals surface area contributed by atoms with Crippen molar-refractivity contribution in [3.05, 3.63) is 34.9 Å². The quantitative estimate of drug-likeness (QED) is 0.840. The largest absolute Gasteiger partial charge is 0.388 e. The second-order valence-electron chi connectivity index (χ2n) is 5.83. The van der Waals surface area contributed by atoms with Crippen molar-refractivity contribution in [1.82, 2.24) is 4.90 Å². The summed E-state index contributed by atoms with van der Waals surface area (Å²) in [6.45, 7) is 4.43. The molecule has 0 bridgehead atoms. The second kappa shape index (κ2) is 8.02. The van der Waals surface area contributed by atoms with Crippen LogP contribution in [0.25, 0.3) is 0 Å². The van der Waals surface area contributed by atoms with Crippen LogP contribution in [0.3, 0.4) is 0 Å². The summed E-state index contributed by atoms with van der Waals surface area (Å²) < 4.78 is 0. The van der Waals surface area contributed by atoms with Crippen LogP contribution in [0, 0.1) is 0 Å². The molecule has 1 fully saturated rings. The Kier molecular flexibility index (Phi) is 6.34. The molecule has 20 heavy (non-hydrogen) atoms. The molecule has 0 aliphatic carbocycles. The number of halogens is 1. The average Bonchev–Trinajstić information content (AvgIpc) is 2.46.